The predicted octanol–water partition coefficient (Wildman–Crippen LogP) is -1.09. The summed E-state index contributed by atoms with van der Waals surface area (Å²) in [5, 5.41) is 11.3. The number of aliphatic hydroxyl groups excluding tert-OH is 1. The summed E-state index contributed by atoms with van der Waals surface area (Å²) in [5.41, 5.74) is -0.852. The average molecular weight is 267 g/mol. The van der Waals surface area contributed by atoms with E-state index in [0.29, 0.717) is 0 Å². The molecule has 1 aromatic heterocycles. The average Bonchev–Trinajstić information content (AvgIpc) is 2.31. The van der Waals surface area contributed by atoms with E-state index in [2.05, 4.69) is 5.10 Å². The quantitative estimate of drug-likeness (QED) is 0.708. The first-order valence-corrected chi connectivity index (χ1v) is 6.32. The van der Waals surface area contributed by atoms with Crippen LogP contribution in [0.2, 0.25) is 0 Å². The van der Waals surface area contributed by atoms with Crippen LogP contribution < -0.4 is 11.1 Å². The lowest BCUT2D eigenvalue weighted by Crippen LogP contribution is -2.48. The normalized spacial score (nSPS) is 15.0. The molecule has 7 heteroatoms. The number of H-pyrrole nitrogens is 1. The van der Waals surface area contributed by atoms with Crippen molar-refractivity contribution in [3.63, 3.8) is 0 Å². The molecule has 2 rings (SSSR count). The van der Waals surface area contributed by atoms with Gasteiger partial charge in [0.15, 0.2) is 0 Å². The molecule has 0 aromatic carbocycles. The second kappa shape index (κ2) is 5.83. The maximum atomic E-state index is 12.1. The first-order valence-electron chi connectivity index (χ1n) is 6.32. The van der Waals surface area contributed by atoms with E-state index < -0.39 is 11.1 Å². The summed E-state index contributed by atoms with van der Waals surface area (Å²) in [6.45, 7) is -0.0524. The van der Waals surface area contributed by atoms with Crippen LogP contribution in [-0.4, -0.2) is 44.9 Å². The zero-order valence-corrected chi connectivity index (χ0v) is 10.5. The SMILES string of the molecule is O=C(Cn1[nH]c(=O)ccc1=O)N(CCO)C1CCC1. The summed E-state index contributed by atoms with van der Waals surface area (Å²) < 4.78 is 0.994. The molecular formula is C12H17N3O4. The fraction of sp³-hybridized carbons (Fsp3) is 0.583. The molecule has 0 unspecified atom stereocenters. The van der Waals surface area contributed by atoms with Crippen LogP contribution in [0.4, 0.5) is 0 Å². The van der Waals surface area contributed by atoms with Crippen LogP contribution in [0.1, 0.15) is 19.3 Å². The molecule has 1 aromatic rings. The Kier molecular flexibility index (Phi) is 4.16. The molecule has 1 aliphatic carbocycles. The molecule has 19 heavy (non-hydrogen) atoms. The van der Waals surface area contributed by atoms with E-state index >= 15 is 0 Å². The van der Waals surface area contributed by atoms with E-state index in [9.17, 15) is 14.4 Å². The van der Waals surface area contributed by atoms with Crippen LogP contribution >= 0.6 is 0 Å². The van der Waals surface area contributed by atoms with Crippen molar-refractivity contribution in [2.45, 2.75) is 31.8 Å². The Morgan fingerprint density at radius 1 is 1.42 bits per heavy atom. The fourth-order valence-corrected chi connectivity index (χ4v) is 2.12. The molecule has 0 aliphatic heterocycles. The zero-order valence-electron chi connectivity index (χ0n) is 10.5. The maximum Gasteiger partial charge on any atom is 0.265 e. The molecule has 1 fully saturated rings. The molecule has 104 valence electrons. The fourth-order valence-electron chi connectivity index (χ4n) is 2.12. The molecule has 1 aliphatic rings. The first kappa shape index (κ1) is 13.5. The Balaban J connectivity index is 2.11. The second-order valence-corrected chi connectivity index (χ2v) is 4.63. The Morgan fingerprint density at radius 2 is 2.16 bits per heavy atom. The Labute approximate surface area is 109 Å². The number of nitrogens with one attached hydrogen (secondary N) is 1. The minimum absolute atomic E-state index is 0.109. The molecule has 1 saturated carbocycles. The topological polar surface area (TPSA) is 95.4 Å². The Morgan fingerprint density at radius 3 is 2.74 bits per heavy atom. The number of hydrogen-bond donors (Lipinski definition) is 2. The summed E-state index contributed by atoms with van der Waals surface area (Å²) in [4.78, 5) is 36.4. The van der Waals surface area contributed by atoms with Crippen molar-refractivity contribution in [2.24, 2.45) is 0 Å². The summed E-state index contributed by atoms with van der Waals surface area (Å²) in [7, 11) is 0. The van der Waals surface area contributed by atoms with Gasteiger partial charge in [0.1, 0.15) is 6.54 Å². The predicted molar refractivity (Wildman–Crippen MR) is 67.8 cm³/mol. The van der Waals surface area contributed by atoms with Crippen LogP contribution in [-0.2, 0) is 11.3 Å². The third kappa shape index (κ3) is 3.11. The van der Waals surface area contributed by atoms with Crippen LogP contribution in [0.25, 0.3) is 0 Å². The van der Waals surface area contributed by atoms with Crippen molar-refractivity contribution < 1.29 is 9.90 Å². The third-order valence-electron chi connectivity index (χ3n) is 3.36. The van der Waals surface area contributed by atoms with Gasteiger partial charge in [0.2, 0.25) is 5.91 Å². The van der Waals surface area contributed by atoms with Gasteiger partial charge >= 0.3 is 0 Å². The van der Waals surface area contributed by atoms with Gasteiger partial charge in [0.05, 0.1) is 6.61 Å². The largest absolute Gasteiger partial charge is 0.395 e. The molecule has 1 heterocycles. The number of aromatic amines is 1. The lowest BCUT2D eigenvalue weighted by molar-refractivity contribution is -0.136. The Bertz CT molecular complexity index is 559. The smallest absolute Gasteiger partial charge is 0.265 e. The van der Waals surface area contributed by atoms with Crippen LogP contribution in [0.5, 0.6) is 0 Å². The number of rotatable bonds is 5. The molecule has 7 nitrogen and oxygen atoms in total. The molecule has 2 N–H and O–H groups in total. The van der Waals surface area contributed by atoms with Gasteiger partial charge in [-0.3, -0.25) is 19.5 Å². The number of hydrogen-bond acceptors (Lipinski definition) is 4. The lowest BCUT2D eigenvalue weighted by atomic mass is 9.91. The van der Waals surface area contributed by atoms with Gasteiger partial charge in [-0.25, -0.2) is 4.68 Å². The monoisotopic (exact) mass is 267 g/mol. The summed E-state index contributed by atoms with van der Waals surface area (Å²) >= 11 is 0. The van der Waals surface area contributed by atoms with E-state index in [1.165, 1.54) is 0 Å². The van der Waals surface area contributed by atoms with Gasteiger partial charge in [0.25, 0.3) is 11.1 Å². The molecule has 0 bridgehead atoms. The van der Waals surface area contributed by atoms with Gasteiger partial charge in [-0.2, -0.15) is 0 Å². The van der Waals surface area contributed by atoms with Gasteiger partial charge in [0, 0.05) is 24.7 Å². The van der Waals surface area contributed by atoms with Crippen LogP contribution in [0, 0.1) is 0 Å². The number of carbonyl (C=O) groups excluding carboxylic acids is 1. The molecule has 0 spiro atoms. The molecular weight excluding hydrogens is 250 g/mol. The summed E-state index contributed by atoms with van der Waals surface area (Å²) in [6, 6.07) is 2.40. The highest BCUT2D eigenvalue weighted by Crippen LogP contribution is 2.24. The van der Waals surface area contributed by atoms with E-state index in [1.807, 2.05) is 0 Å². The van der Waals surface area contributed by atoms with E-state index in [4.69, 9.17) is 5.11 Å². The number of carbonyl (C=O) groups is 1. The lowest BCUT2D eigenvalue weighted by Gasteiger charge is -2.37. The van der Waals surface area contributed by atoms with Crippen LogP contribution in [0.15, 0.2) is 21.7 Å². The highest BCUT2D eigenvalue weighted by Gasteiger charge is 2.28. The van der Waals surface area contributed by atoms with Gasteiger partial charge in [-0.15, -0.1) is 0 Å². The van der Waals surface area contributed by atoms with Crippen molar-refractivity contribution in [2.75, 3.05) is 13.2 Å². The van der Waals surface area contributed by atoms with Crippen LogP contribution in [0.3, 0.4) is 0 Å². The van der Waals surface area contributed by atoms with E-state index in [1.54, 1.807) is 4.90 Å². The number of nitrogens with zero attached hydrogens (tertiary/aromatic N) is 2. The number of amides is 1. The first-order chi connectivity index (χ1) is 9.11. The van der Waals surface area contributed by atoms with Crippen molar-refractivity contribution in [1.29, 1.82) is 0 Å². The van der Waals surface area contributed by atoms with Gasteiger partial charge in [-0.05, 0) is 19.3 Å². The Hall–Kier alpha value is -1.89. The van der Waals surface area contributed by atoms with Crippen molar-refractivity contribution in [1.82, 2.24) is 14.7 Å². The number of aromatic nitrogens is 2. The standard InChI is InChI=1S/C12H17N3O4/c16-7-6-14(9-2-1-3-9)12(19)8-15-11(18)5-4-10(17)13-15/h4-5,9,16H,1-3,6-8H2,(H,13,17). The highest BCUT2D eigenvalue weighted by molar-refractivity contribution is 5.76. The van der Waals surface area contributed by atoms with E-state index in [-0.39, 0.29) is 31.6 Å². The summed E-state index contributed by atoms with van der Waals surface area (Å²) in [6.07, 6.45) is 2.92. The number of aliphatic hydroxyl groups is 1. The van der Waals surface area contributed by atoms with Gasteiger partial charge in [-0.1, -0.05) is 0 Å². The molecule has 0 atom stereocenters. The van der Waals surface area contributed by atoms with Gasteiger partial charge < -0.3 is 10.0 Å². The molecule has 0 saturated heterocycles. The third-order valence-corrected chi connectivity index (χ3v) is 3.36. The minimum Gasteiger partial charge on any atom is -0.395 e. The molecule has 1 amide bonds. The summed E-state index contributed by atoms with van der Waals surface area (Å²) in [5.74, 6) is -0.261. The van der Waals surface area contributed by atoms with Crippen molar-refractivity contribution in [3.05, 3.63) is 32.8 Å². The zero-order chi connectivity index (χ0) is 13.8. The minimum atomic E-state index is -0.426. The van der Waals surface area contributed by atoms with Crippen molar-refractivity contribution >= 4 is 5.91 Å². The second-order valence-electron chi connectivity index (χ2n) is 4.63. The molecule has 0 radical (unpaired) electrons. The van der Waals surface area contributed by atoms with E-state index in [0.717, 1.165) is 36.1 Å². The maximum absolute atomic E-state index is 12.1. The highest BCUT2D eigenvalue weighted by atomic mass is 16.3. The van der Waals surface area contributed by atoms with Crippen molar-refractivity contribution in [3.8, 4) is 0 Å².